The van der Waals surface area contributed by atoms with Crippen LogP contribution in [0.1, 0.15) is 10.5 Å². The van der Waals surface area contributed by atoms with Crippen molar-refractivity contribution in [3.05, 3.63) is 48.2 Å². The van der Waals surface area contributed by atoms with Crippen LogP contribution in [0.15, 0.2) is 47.0 Å². The monoisotopic (exact) mass is 382 g/mol. The molecule has 2 heterocycles. The molecule has 0 aliphatic carbocycles. The first kappa shape index (κ1) is 17.0. The van der Waals surface area contributed by atoms with E-state index < -0.39 is 0 Å². The third kappa shape index (κ3) is 3.32. The summed E-state index contributed by atoms with van der Waals surface area (Å²) in [5, 5.41) is 6.63. The number of methoxy groups -OCH3 is 2. The predicted molar refractivity (Wildman–Crippen MR) is 100 cm³/mol. The average Bonchev–Trinajstić information content (AvgIpc) is 3.36. The minimum Gasteiger partial charge on any atom is -0.493 e. The van der Waals surface area contributed by atoms with Crippen molar-refractivity contribution in [1.29, 1.82) is 0 Å². The molecule has 27 heavy (non-hydrogen) atoms. The van der Waals surface area contributed by atoms with Gasteiger partial charge in [-0.2, -0.15) is 8.75 Å². The number of fused-ring (bicyclic) bond motifs is 1. The van der Waals surface area contributed by atoms with Crippen molar-refractivity contribution >= 4 is 34.4 Å². The molecule has 0 radical (unpaired) electrons. The quantitative estimate of drug-likeness (QED) is 0.563. The van der Waals surface area contributed by atoms with Crippen molar-refractivity contribution in [2.24, 2.45) is 0 Å². The van der Waals surface area contributed by atoms with Crippen molar-refractivity contribution in [3.63, 3.8) is 0 Å². The molecule has 0 saturated carbocycles. The number of aromatic nitrogens is 3. The number of rotatable bonds is 5. The number of hydrogen-bond donors (Lipinski definition) is 1. The number of amides is 1. The lowest BCUT2D eigenvalue weighted by Crippen LogP contribution is -2.12. The summed E-state index contributed by atoms with van der Waals surface area (Å²) in [6.45, 7) is 0. The van der Waals surface area contributed by atoms with E-state index in [9.17, 15) is 4.79 Å². The Hall–Kier alpha value is -3.46. The van der Waals surface area contributed by atoms with E-state index in [1.807, 2.05) is 0 Å². The van der Waals surface area contributed by atoms with Crippen LogP contribution in [-0.2, 0) is 0 Å². The second kappa shape index (κ2) is 7.04. The van der Waals surface area contributed by atoms with Gasteiger partial charge in [0.15, 0.2) is 23.0 Å². The summed E-state index contributed by atoms with van der Waals surface area (Å²) in [6, 6.07) is 12.2. The molecule has 8 nitrogen and oxygen atoms in total. The molecule has 0 aliphatic heterocycles. The van der Waals surface area contributed by atoms with Gasteiger partial charge in [-0.3, -0.25) is 4.79 Å². The molecule has 0 aliphatic rings. The smallest absolute Gasteiger partial charge is 0.277 e. The van der Waals surface area contributed by atoms with Gasteiger partial charge in [0.2, 0.25) is 0 Å². The summed E-state index contributed by atoms with van der Waals surface area (Å²) >= 11 is 1.12. The number of nitrogens with zero attached hydrogens (tertiary/aromatic N) is 3. The van der Waals surface area contributed by atoms with Crippen LogP contribution in [0.2, 0.25) is 0 Å². The number of benzene rings is 2. The molecular formula is C18H14N4O4S. The van der Waals surface area contributed by atoms with Gasteiger partial charge >= 0.3 is 0 Å². The fraction of sp³-hybridized carbons (Fsp3) is 0.111. The third-order valence-electron chi connectivity index (χ3n) is 3.92. The maximum atomic E-state index is 12.4. The number of carbonyl (C=O) groups excluding carboxylic acids is 1. The molecule has 1 N–H and O–H groups in total. The van der Waals surface area contributed by atoms with Crippen LogP contribution in [0.3, 0.4) is 0 Å². The molecule has 0 bridgehead atoms. The maximum Gasteiger partial charge on any atom is 0.277 e. The third-order valence-corrected chi connectivity index (χ3v) is 4.48. The molecule has 4 aromatic rings. The van der Waals surface area contributed by atoms with E-state index >= 15 is 0 Å². The van der Waals surface area contributed by atoms with Gasteiger partial charge in [-0.25, -0.2) is 0 Å². The highest BCUT2D eigenvalue weighted by Crippen LogP contribution is 2.32. The Kier molecular flexibility index (Phi) is 4.43. The average molecular weight is 382 g/mol. The zero-order valence-corrected chi connectivity index (χ0v) is 15.2. The summed E-state index contributed by atoms with van der Waals surface area (Å²) in [5.41, 5.74) is 3.00. The summed E-state index contributed by atoms with van der Waals surface area (Å²) in [6.07, 6.45) is 0. The summed E-state index contributed by atoms with van der Waals surface area (Å²) in [5.74, 6) is 1.22. The van der Waals surface area contributed by atoms with E-state index in [0.717, 1.165) is 22.8 Å². The lowest BCUT2D eigenvalue weighted by Gasteiger charge is -2.07. The molecule has 0 fully saturated rings. The first-order chi connectivity index (χ1) is 13.2. The second-order valence-corrected chi connectivity index (χ2v) is 6.10. The number of hydrogen-bond acceptors (Lipinski definition) is 8. The van der Waals surface area contributed by atoms with Gasteiger partial charge in [-0.1, -0.05) is 5.16 Å². The van der Waals surface area contributed by atoms with Gasteiger partial charge in [0.05, 0.1) is 25.9 Å². The van der Waals surface area contributed by atoms with Crippen LogP contribution >= 0.6 is 11.7 Å². The van der Waals surface area contributed by atoms with Crippen LogP contribution in [0, 0.1) is 0 Å². The Morgan fingerprint density at radius 3 is 2.63 bits per heavy atom. The van der Waals surface area contributed by atoms with E-state index in [1.54, 1.807) is 56.7 Å². The van der Waals surface area contributed by atoms with Crippen molar-refractivity contribution < 1.29 is 18.8 Å². The molecule has 4 rings (SSSR count). The molecule has 2 aromatic heterocycles. The normalized spacial score (nSPS) is 10.7. The fourth-order valence-electron chi connectivity index (χ4n) is 2.56. The van der Waals surface area contributed by atoms with Gasteiger partial charge < -0.3 is 19.3 Å². The Bertz CT molecular complexity index is 1120. The highest BCUT2D eigenvalue weighted by Gasteiger charge is 2.16. The lowest BCUT2D eigenvalue weighted by atomic mass is 10.1. The van der Waals surface area contributed by atoms with E-state index in [2.05, 4.69) is 19.2 Å². The fourth-order valence-corrected chi connectivity index (χ4v) is 3.08. The van der Waals surface area contributed by atoms with E-state index in [4.69, 9.17) is 14.0 Å². The topological polar surface area (TPSA) is 99.4 Å². The Balaban J connectivity index is 1.55. The van der Waals surface area contributed by atoms with Crippen molar-refractivity contribution in [3.8, 4) is 22.8 Å². The second-order valence-electron chi connectivity index (χ2n) is 5.57. The Morgan fingerprint density at radius 1 is 1.00 bits per heavy atom. The van der Waals surface area contributed by atoms with Crippen LogP contribution in [0.25, 0.3) is 22.4 Å². The van der Waals surface area contributed by atoms with Crippen molar-refractivity contribution in [1.82, 2.24) is 13.9 Å². The summed E-state index contributed by atoms with van der Waals surface area (Å²) < 4.78 is 24.1. The molecule has 0 spiro atoms. The minimum absolute atomic E-state index is 0.163. The molecule has 136 valence electrons. The van der Waals surface area contributed by atoms with Gasteiger partial charge in [-0.05, 0) is 36.4 Å². The predicted octanol–water partition coefficient (Wildman–Crippen LogP) is 3.62. The van der Waals surface area contributed by atoms with Gasteiger partial charge in [0.25, 0.3) is 5.91 Å². The number of anilines is 1. The van der Waals surface area contributed by atoms with Crippen LogP contribution in [-0.4, -0.2) is 34.0 Å². The maximum absolute atomic E-state index is 12.4. The SMILES string of the molecule is COc1ccc(-c2cc(C(=O)Nc3ccc4nsnc4c3)no2)cc1OC. The summed E-state index contributed by atoms with van der Waals surface area (Å²) in [7, 11) is 3.11. The molecule has 2 aromatic carbocycles. The van der Waals surface area contributed by atoms with E-state index in [0.29, 0.717) is 28.5 Å². The zero-order valence-electron chi connectivity index (χ0n) is 14.4. The largest absolute Gasteiger partial charge is 0.493 e. The molecule has 1 amide bonds. The molecule has 0 saturated heterocycles. The van der Waals surface area contributed by atoms with Crippen LogP contribution < -0.4 is 14.8 Å². The minimum atomic E-state index is -0.381. The van der Waals surface area contributed by atoms with Crippen LogP contribution in [0.5, 0.6) is 11.5 Å². The number of carbonyl (C=O) groups is 1. The highest BCUT2D eigenvalue weighted by atomic mass is 32.1. The Labute approximate surface area is 158 Å². The number of nitrogens with one attached hydrogen (secondary N) is 1. The molecule has 0 atom stereocenters. The highest BCUT2D eigenvalue weighted by molar-refractivity contribution is 7.00. The van der Waals surface area contributed by atoms with Crippen LogP contribution in [0.4, 0.5) is 5.69 Å². The molecule has 9 heteroatoms. The van der Waals surface area contributed by atoms with Crippen molar-refractivity contribution in [2.75, 3.05) is 19.5 Å². The van der Waals surface area contributed by atoms with Gasteiger partial charge in [0.1, 0.15) is 11.0 Å². The van der Waals surface area contributed by atoms with E-state index in [1.165, 1.54) is 0 Å². The lowest BCUT2D eigenvalue weighted by molar-refractivity contribution is 0.101. The molecular weight excluding hydrogens is 368 g/mol. The number of ether oxygens (including phenoxy) is 2. The first-order valence-electron chi connectivity index (χ1n) is 7.90. The standard InChI is InChI=1S/C18H14N4O4S/c1-24-15-6-3-10(7-17(15)25-2)16-9-14(20-26-16)18(23)19-11-4-5-12-13(8-11)22-27-21-12/h3-9H,1-2H3,(H,19,23). The summed E-state index contributed by atoms with van der Waals surface area (Å²) in [4.78, 5) is 12.4. The molecule has 0 unspecified atom stereocenters. The zero-order chi connectivity index (χ0) is 18.8. The van der Waals surface area contributed by atoms with E-state index in [-0.39, 0.29) is 11.6 Å². The first-order valence-corrected chi connectivity index (χ1v) is 8.64. The Morgan fingerprint density at radius 2 is 1.81 bits per heavy atom. The van der Waals surface area contributed by atoms with Crippen molar-refractivity contribution in [2.45, 2.75) is 0 Å². The van der Waals surface area contributed by atoms with Gasteiger partial charge in [-0.15, -0.1) is 0 Å². The van der Waals surface area contributed by atoms with Gasteiger partial charge in [0, 0.05) is 17.3 Å².